The molecule has 3 rings (SSSR count). The summed E-state index contributed by atoms with van der Waals surface area (Å²) in [6, 6.07) is 8.06. The Morgan fingerprint density at radius 1 is 0.962 bits per heavy atom. The van der Waals surface area contributed by atoms with Crippen molar-refractivity contribution in [2.45, 2.75) is 39.3 Å². The quantitative estimate of drug-likeness (QED) is 0.843. The lowest BCUT2D eigenvalue weighted by Crippen LogP contribution is -2.51. The molecule has 0 unspecified atom stereocenters. The van der Waals surface area contributed by atoms with Crippen LogP contribution in [0.1, 0.15) is 37.3 Å². The zero-order chi connectivity index (χ0) is 18.4. The second-order valence-corrected chi connectivity index (χ2v) is 7.79. The molecule has 5 nitrogen and oxygen atoms in total. The molecule has 2 heterocycles. The van der Waals surface area contributed by atoms with Crippen molar-refractivity contribution in [1.82, 2.24) is 14.7 Å². The van der Waals surface area contributed by atoms with Gasteiger partial charge >= 0.3 is 0 Å². The highest BCUT2D eigenvalue weighted by molar-refractivity contribution is 5.78. The minimum Gasteiger partial charge on any atom is -0.392 e. The van der Waals surface area contributed by atoms with Crippen molar-refractivity contribution in [1.29, 1.82) is 0 Å². The number of nitrogens with zero attached hydrogens (tertiary/aromatic N) is 3. The van der Waals surface area contributed by atoms with Crippen LogP contribution in [0.2, 0.25) is 0 Å². The van der Waals surface area contributed by atoms with Gasteiger partial charge in [-0.1, -0.05) is 37.6 Å². The predicted molar refractivity (Wildman–Crippen MR) is 104 cm³/mol. The third kappa shape index (κ3) is 5.06. The molecule has 2 fully saturated rings. The number of hydrogen-bond acceptors (Lipinski definition) is 4. The fraction of sp³-hybridized carbons (Fsp3) is 0.667. The molecule has 144 valence electrons. The van der Waals surface area contributed by atoms with E-state index in [-0.39, 0.29) is 12.5 Å². The van der Waals surface area contributed by atoms with Crippen molar-refractivity contribution in [3.8, 4) is 0 Å². The Hall–Kier alpha value is -1.43. The zero-order valence-electron chi connectivity index (χ0n) is 16.1. The lowest BCUT2D eigenvalue weighted by molar-refractivity contribution is -0.137. The fourth-order valence-corrected chi connectivity index (χ4v) is 4.15. The maximum Gasteiger partial charge on any atom is 0.226 e. The molecule has 1 aromatic rings. The largest absolute Gasteiger partial charge is 0.392 e. The zero-order valence-corrected chi connectivity index (χ0v) is 16.1. The molecular formula is C21H33N3O2. The van der Waals surface area contributed by atoms with E-state index in [4.69, 9.17) is 0 Å². The van der Waals surface area contributed by atoms with E-state index in [0.29, 0.717) is 5.91 Å². The van der Waals surface area contributed by atoms with Gasteiger partial charge in [-0.3, -0.25) is 9.69 Å². The molecule has 2 aliphatic heterocycles. The smallest absolute Gasteiger partial charge is 0.226 e. The number of aliphatic hydroxyl groups is 1. The summed E-state index contributed by atoms with van der Waals surface area (Å²) in [4.78, 5) is 19.7. The molecule has 1 atom stereocenters. The number of aliphatic hydroxyl groups excluding tert-OH is 1. The maximum absolute atomic E-state index is 12.8. The van der Waals surface area contributed by atoms with Crippen LogP contribution in [0.3, 0.4) is 0 Å². The summed E-state index contributed by atoms with van der Waals surface area (Å²) in [7, 11) is 0. The van der Waals surface area contributed by atoms with Gasteiger partial charge in [0.2, 0.25) is 5.91 Å². The second-order valence-electron chi connectivity index (χ2n) is 7.79. The summed E-state index contributed by atoms with van der Waals surface area (Å²) in [6.07, 6.45) is 3.88. The van der Waals surface area contributed by atoms with Gasteiger partial charge in [-0.2, -0.15) is 0 Å². The minimum atomic E-state index is 0.0860. The van der Waals surface area contributed by atoms with Crippen LogP contribution < -0.4 is 0 Å². The highest BCUT2D eigenvalue weighted by atomic mass is 16.3. The molecule has 0 spiro atoms. The van der Waals surface area contributed by atoms with Crippen molar-refractivity contribution in [3.05, 3.63) is 35.4 Å². The molecule has 1 aromatic carbocycles. The molecular weight excluding hydrogens is 326 g/mol. The Kier molecular flexibility index (Phi) is 7.06. The number of benzene rings is 1. The minimum absolute atomic E-state index is 0.0860. The van der Waals surface area contributed by atoms with Crippen molar-refractivity contribution in [2.24, 2.45) is 5.92 Å². The van der Waals surface area contributed by atoms with E-state index in [1.54, 1.807) is 0 Å². The highest BCUT2D eigenvalue weighted by Crippen LogP contribution is 2.16. The van der Waals surface area contributed by atoms with Crippen LogP contribution in [0, 0.1) is 5.92 Å². The van der Waals surface area contributed by atoms with Gasteiger partial charge in [-0.05, 0) is 37.1 Å². The van der Waals surface area contributed by atoms with Gasteiger partial charge < -0.3 is 14.9 Å². The fourth-order valence-electron chi connectivity index (χ4n) is 4.15. The number of hydrogen-bond donors (Lipinski definition) is 1. The number of piperidine rings is 1. The monoisotopic (exact) mass is 359 g/mol. The van der Waals surface area contributed by atoms with Crippen LogP contribution in [0.4, 0.5) is 0 Å². The maximum atomic E-state index is 12.8. The summed E-state index contributed by atoms with van der Waals surface area (Å²) in [6.45, 7) is 9.65. The number of amides is 1. The molecule has 1 amide bonds. The van der Waals surface area contributed by atoms with Crippen molar-refractivity contribution >= 4 is 5.91 Å². The van der Waals surface area contributed by atoms with Gasteiger partial charge in [0.25, 0.3) is 0 Å². The first-order valence-electron chi connectivity index (χ1n) is 10.1. The lowest BCUT2D eigenvalue weighted by Gasteiger charge is -2.37. The molecule has 1 N–H and O–H groups in total. The first kappa shape index (κ1) is 19.3. The van der Waals surface area contributed by atoms with Crippen molar-refractivity contribution in [2.75, 3.05) is 45.8 Å². The third-order valence-corrected chi connectivity index (χ3v) is 5.77. The molecule has 5 heteroatoms. The molecule has 0 radical (unpaired) electrons. The molecule has 0 aliphatic carbocycles. The Labute approximate surface area is 157 Å². The van der Waals surface area contributed by atoms with E-state index in [9.17, 15) is 9.90 Å². The Morgan fingerprint density at radius 2 is 1.62 bits per heavy atom. The van der Waals surface area contributed by atoms with E-state index < -0.39 is 0 Å². The van der Waals surface area contributed by atoms with Crippen LogP contribution in [-0.4, -0.2) is 71.5 Å². The highest BCUT2D eigenvalue weighted by Gasteiger charge is 2.26. The SMILES string of the molecule is C[C@H](CN1CCCCC1)C(=O)N1CCN(Cc2ccccc2CO)CC1. The Balaban J connectivity index is 1.46. The van der Waals surface area contributed by atoms with E-state index in [0.717, 1.165) is 57.9 Å². The number of likely N-dealkylation sites (tertiary alicyclic amines) is 1. The number of rotatable bonds is 6. The average molecular weight is 360 g/mol. The molecule has 2 saturated heterocycles. The van der Waals surface area contributed by atoms with E-state index in [1.807, 2.05) is 23.1 Å². The first-order valence-corrected chi connectivity index (χ1v) is 10.1. The summed E-state index contributed by atoms with van der Waals surface area (Å²) >= 11 is 0. The summed E-state index contributed by atoms with van der Waals surface area (Å²) in [5.41, 5.74) is 2.19. The predicted octanol–water partition coefficient (Wildman–Crippen LogP) is 1.95. The second kappa shape index (κ2) is 9.49. The van der Waals surface area contributed by atoms with Gasteiger partial charge in [0.05, 0.1) is 6.61 Å². The topological polar surface area (TPSA) is 47.0 Å². The molecule has 26 heavy (non-hydrogen) atoms. The van der Waals surface area contributed by atoms with E-state index >= 15 is 0 Å². The van der Waals surface area contributed by atoms with Crippen LogP contribution in [0.15, 0.2) is 24.3 Å². The van der Waals surface area contributed by atoms with Gasteiger partial charge in [0, 0.05) is 45.2 Å². The van der Waals surface area contributed by atoms with Crippen molar-refractivity contribution in [3.63, 3.8) is 0 Å². The summed E-state index contributed by atoms with van der Waals surface area (Å²) in [5.74, 6) is 0.403. The summed E-state index contributed by atoms with van der Waals surface area (Å²) in [5, 5.41) is 9.48. The number of piperazine rings is 1. The lowest BCUT2D eigenvalue weighted by atomic mass is 10.1. The van der Waals surface area contributed by atoms with Gasteiger partial charge in [-0.15, -0.1) is 0 Å². The van der Waals surface area contributed by atoms with Gasteiger partial charge in [0.15, 0.2) is 0 Å². The summed E-state index contributed by atoms with van der Waals surface area (Å²) < 4.78 is 0. The van der Waals surface area contributed by atoms with Crippen molar-refractivity contribution < 1.29 is 9.90 Å². The van der Waals surface area contributed by atoms with Crippen LogP contribution in [-0.2, 0) is 17.9 Å². The Morgan fingerprint density at radius 3 is 2.27 bits per heavy atom. The van der Waals surface area contributed by atoms with Crippen LogP contribution >= 0.6 is 0 Å². The van der Waals surface area contributed by atoms with E-state index in [2.05, 4.69) is 22.8 Å². The molecule has 2 aliphatic rings. The number of carbonyl (C=O) groups is 1. The molecule has 0 aromatic heterocycles. The normalized spacial score (nSPS) is 20.9. The van der Waals surface area contributed by atoms with Crippen LogP contribution in [0.5, 0.6) is 0 Å². The van der Waals surface area contributed by atoms with Gasteiger partial charge in [-0.25, -0.2) is 0 Å². The third-order valence-electron chi connectivity index (χ3n) is 5.77. The van der Waals surface area contributed by atoms with Gasteiger partial charge in [0.1, 0.15) is 0 Å². The molecule has 0 saturated carbocycles. The van der Waals surface area contributed by atoms with E-state index in [1.165, 1.54) is 24.8 Å². The Bertz CT molecular complexity index is 578. The average Bonchev–Trinajstić information content (AvgIpc) is 2.69. The van der Waals surface area contributed by atoms with Crippen LogP contribution in [0.25, 0.3) is 0 Å². The first-order chi connectivity index (χ1) is 12.7. The number of carbonyl (C=O) groups excluding carboxylic acids is 1. The standard InChI is InChI=1S/C21H33N3O2/c1-18(15-22-9-5-2-6-10-22)21(26)24-13-11-23(12-14-24)16-19-7-3-4-8-20(19)17-25/h3-4,7-8,18,25H,2,5-6,9-17H2,1H3/t18-/m1/s1. The molecule has 0 bridgehead atoms.